The Bertz CT molecular complexity index is 800. The van der Waals surface area contributed by atoms with Crippen LogP contribution in [0.1, 0.15) is 48.2 Å². The summed E-state index contributed by atoms with van der Waals surface area (Å²) in [6.45, 7) is 3.84. The highest BCUT2D eigenvalue weighted by Gasteiger charge is 2.31. The van der Waals surface area contributed by atoms with Gasteiger partial charge in [0.15, 0.2) is 0 Å². The molecule has 28 heavy (non-hydrogen) atoms. The van der Waals surface area contributed by atoms with Gasteiger partial charge < -0.3 is 14.4 Å². The van der Waals surface area contributed by atoms with Crippen LogP contribution in [0.25, 0.3) is 0 Å². The van der Waals surface area contributed by atoms with Gasteiger partial charge in [-0.3, -0.25) is 9.59 Å². The number of piperidine rings is 2. The third-order valence-electron chi connectivity index (χ3n) is 6.04. The van der Waals surface area contributed by atoms with Gasteiger partial charge in [-0.15, -0.1) is 0 Å². The summed E-state index contributed by atoms with van der Waals surface area (Å²) in [6, 6.07) is 14.0. The number of amides is 2. The molecule has 5 heteroatoms. The summed E-state index contributed by atoms with van der Waals surface area (Å²) in [6.07, 6.45) is 7.01. The second-order valence-electron chi connectivity index (χ2n) is 7.96. The van der Waals surface area contributed by atoms with Crippen molar-refractivity contribution in [3.05, 3.63) is 59.9 Å². The first-order chi connectivity index (χ1) is 13.7. The van der Waals surface area contributed by atoms with Crippen LogP contribution in [0, 0.1) is 5.92 Å². The van der Waals surface area contributed by atoms with E-state index >= 15 is 0 Å². The summed E-state index contributed by atoms with van der Waals surface area (Å²) in [5.41, 5.74) is 1.91. The third-order valence-corrected chi connectivity index (χ3v) is 6.04. The largest absolute Gasteiger partial charge is 0.342 e. The number of hydrogen-bond donors (Lipinski definition) is 0. The maximum Gasteiger partial charge on any atom is 0.270 e. The lowest BCUT2D eigenvalue weighted by Gasteiger charge is -2.35. The fourth-order valence-electron chi connectivity index (χ4n) is 4.39. The molecule has 2 saturated heterocycles. The van der Waals surface area contributed by atoms with E-state index < -0.39 is 0 Å². The van der Waals surface area contributed by atoms with E-state index in [0.717, 1.165) is 44.5 Å². The highest BCUT2D eigenvalue weighted by Crippen LogP contribution is 2.23. The number of carbonyl (C=O) groups is 2. The molecule has 3 heterocycles. The summed E-state index contributed by atoms with van der Waals surface area (Å²) in [7, 11) is 0. The summed E-state index contributed by atoms with van der Waals surface area (Å²) >= 11 is 0. The van der Waals surface area contributed by atoms with E-state index in [1.165, 1.54) is 12.0 Å². The molecule has 1 aromatic carbocycles. The van der Waals surface area contributed by atoms with Crippen molar-refractivity contribution in [1.82, 2.24) is 14.4 Å². The Hall–Kier alpha value is -2.56. The Kier molecular flexibility index (Phi) is 5.79. The fraction of sp³-hybridized carbons (Fsp3) is 0.478. The molecule has 0 unspecified atom stereocenters. The molecule has 148 valence electrons. The SMILES string of the molecule is O=C(c1cccn1Cc1ccccc1)N1CCC(C(=O)N2CCCCC2)CC1. The Balaban J connectivity index is 1.36. The summed E-state index contributed by atoms with van der Waals surface area (Å²) in [4.78, 5) is 29.7. The van der Waals surface area contributed by atoms with Gasteiger partial charge in [0.05, 0.1) is 0 Å². The number of nitrogens with zero attached hydrogens (tertiary/aromatic N) is 3. The molecule has 2 aliphatic rings. The normalized spacial score (nSPS) is 18.3. The first kappa shape index (κ1) is 18.8. The maximum absolute atomic E-state index is 13.1. The summed E-state index contributed by atoms with van der Waals surface area (Å²) in [5.74, 6) is 0.460. The maximum atomic E-state index is 13.1. The lowest BCUT2D eigenvalue weighted by Crippen LogP contribution is -2.46. The van der Waals surface area contributed by atoms with E-state index in [1.54, 1.807) is 0 Å². The average molecular weight is 380 g/mol. The minimum atomic E-state index is 0.0739. The van der Waals surface area contributed by atoms with Crippen LogP contribution in [0.4, 0.5) is 0 Å². The number of carbonyl (C=O) groups excluding carboxylic acids is 2. The van der Waals surface area contributed by atoms with Crippen LogP contribution in [-0.4, -0.2) is 52.4 Å². The number of benzene rings is 1. The summed E-state index contributed by atoms with van der Waals surface area (Å²) < 4.78 is 2.02. The van der Waals surface area contributed by atoms with Gasteiger partial charge in [0.2, 0.25) is 5.91 Å². The predicted octanol–water partition coefficient (Wildman–Crippen LogP) is 3.40. The van der Waals surface area contributed by atoms with E-state index in [0.29, 0.717) is 25.5 Å². The molecular weight excluding hydrogens is 350 g/mol. The Morgan fingerprint density at radius 3 is 2.25 bits per heavy atom. The zero-order valence-corrected chi connectivity index (χ0v) is 16.4. The molecule has 0 atom stereocenters. The van der Waals surface area contributed by atoms with Crippen molar-refractivity contribution in [2.75, 3.05) is 26.2 Å². The third kappa shape index (κ3) is 4.13. The second kappa shape index (κ2) is 8.63. The molecule has 0 spiro atoms. The minimum Gasteiger partial charge on any atom is -0.342 e. The highest BCUT2D eigenvalue weighted by atomic mass is 16.2. The molecule has 2 aliphatic heterocycles. The van der Waals surface area contributed by atoms with Crippen molar-refractivity contribution in [3.8, 4) is 0 Å². The smallest absolute Gasteiger partial charge is 0.270 e. The Morgan fingerprint density at radius 2 is 1.54 bits per heavy atom. The molecule has 2 amide bonds. The van der Waals surface area contributed by atoms with Gasteiger partial charge >= 0.3 is 0 Å². The first-order valence-electron chi connectivity index (χ1n) is 10.5. The minimum absolute atomic E-state index is 0.0739. The molecule has 2 aromatic rings. The Morgan fingerprint density at radius 1 is 0.821 bits per heavy atom. The molecule has 0 aliphatic carbocycles. The van der Waals surface area contributed by atoms with Gasteiger partial charge in [-0.25, -0.2) is 0 Å². The van der Waals surface area contributed by atoms with Crippen LogP contribution in [0.2, 0.25) is 0 Å². The molecule has 0 bridgehead atoms. The molecule has 2 fully saturated rings. The van der Waals surface area contributed by atoms with Crippen LogP contribution in [0.5, 0.6) is 0 Å². The van der Waals surface area contributed by atoms with E-state index in [4.69, 9.17) is 0 Å². The number of aromatic nitrogens is 1. The molecule has 0 radical (unpaired) electrons. The Labute approximate surface area is 166 Å². The monoisotopic (exact) mass is 379 g/mol. The summed E-state index contributed by atoms with van der Waals surface area (Å²) in [5, 5.41) is 0. The number of rotatable bonds is 4. The van der Waals surface area contributed by atoms with Crippen molar-refractivity contribution in [3.63, 3.8) is 0 Å². The molecule has 4 rings (SSSR count). The molecule has 0 N–H and O–H groups in total. The predicted molar refractivity (Wildman–Crippen MR) is 109 cm³/mol. The topological polar surface area (TPSA) is 45.6 Å². The van der Waals surface area contributed by atoms with Gasteiger partial charge in [0.1, 0.15) is 5.69 Å². The quantitative estimate of drug-likeness (QED) is 0.817. The molecular formula is C23H29N3O2. The van der Waals surface area contributed by atoms with Gasteiger partial charge in [-0.05, 0) is 49.8 Å². The average Bonchev–Trinajstić information content (AvgIpc) is 3.22. The van der Waals surface area contributed by atoms with Crippen molar-refractivity contribution >= 4 is 11.8 Å². The van der Waals surface area contributed by atoms with Gasteiger partial charge in [0, 0.05) is 44.8 Å². The zero-order valence-electron chi connectivity index (χ0n) is 16.4. The van der Waals surface area contributed by atoms with E-state index in [2.05, 4.69) is 12.1 Å². The van der Waals surface area contributed by atoms with Crippen molar-refractivity contribution in [2.24, 2.45) is 5.92 Å². The van der Waals surface area contributed by atoms with Crippen LogP contribution < -0.4 is 0 Å². The standard InChI is InChI=1S/C23H29N3O2/c27-22(24-13-5-2-6-14-24)20-11-16-25(17-12-20)23(28)21-10-7-15-26(21)18-19-8-3-1-4-9-19/h1,3-4,7-10,15,20H,2,5-6,11-14,16-18H2. The first-order valence-corrected chi connectivity index (χ1v) is 10.5. The van der Waals surface area contributed by atoms with Crippen LogP contribution >= 0.6 is 0 Å². The number of hydrogen-bond acceptors (Lipinski definition) is 2. The van der Waals surface area contributed by atoms with Crippen LogP contribution in [0.3, 0.4) is 0 Å². The van der Waals surface area contributed by atoms with Gasteiger partial charge in [-0.1, -0.05) is 30.3 Å². The zero-order chi connectivity index (χ0) is 19.3. The second-order valence-corrected chi connectivity index (χ2v) is 7.96. The van der Waals surface area contributed by atoms with Crippen molar-refractivity contribution < 1.29 is 9.59 Å². The molecule has 0 saturated carbocycles. The van der Waals surface area contributed by atoms with Gasteiger partial charge in [-0.2, -0.15) is 0 Å². The fourth-order valence-corrected chi connectivity index (χ4v) is 4.39. The molecule has 1 aromatic heterocycles. The van der Waals surface area contributed by atoms with E-state index in [-0.39, 0.29) is 11.8 Å². The van der Waals surface area contributed by atoms with Crippen LogP contribution in [0.15, 0.2) is 48.7 Å². The van der Waals surface area contributed by atoms with Crippen LogP contribution in [-0.2, 0) is 11.3 Å². The lowest BCUT2D eigenvalue weighted by molar-refractivity contribution is -0.137. The van der Waals surface area contributed by atoms with Crippen molar-refractivity contribution in [1.29, 1.82) is 0 Å². The lowest BCUT2D eigenvalue weighted by atomic mass is 9.94. The van der Waals surface area contributed by atoms with E-state index in [1.807, 2.05) is 50.9 Å². The molecule has 5 nitrogen and oxygen atoms in total. The number of likely N-dealkylation sites (tertiary alicyclic amines) is 2. The highest BCUT2D eigenvalue weighted by molar-refractivity contribution is 5.93. The van der Waals surface area contributed by atoms with Gasteiger partial charge in [0.25, 0.3) is 5.91 Å². The van der Waals surface area contributed by atoms with E-state index in [9.17, 15) is 9.59 Å². The van der Waals surface area contributed by atoms with Crippen molar-refractivity contribution in [2.45, 2.75) is 38.6 Å².